The van der Waals surface area contributed by atoms with E-state index >= 15 is 0 Å². The topological polar surface area (TPSA) is 72.2 Å². The molecule has 0 amide bonds. The molecule has 1 aromatic carbocycles. The Morgan fingerprint density at radius 1 is 1.30 bits per heavy atom. The van der Waals surface area contributed by atoms with Crippen molar-refractivity contribution in [3.05, 3.63) is 50.9 Å². The maximum atomic E-state index is 13.3. The van der Waals surface area contributed by atoms with Crippen molar-refractivity contribution in [2.45, 2.75) is 52.0 Å². The van der Waals surface area contributed by atoms with Gasteiger partial charge in [-0.1, -0.05) is 25.1 Å². The molecule has 1 atom stereocenters. The van der Waals surface area contributed by atoms with Gasteiger partial charge in [-0.15, -0.1) is 11.3 Å². The quantitative estimate of drug-likeness (QED) is 0.728. The lowest BCUT2D eigenvalue weighted by atomic mass is 9.89. The zero-order chi connectivity index (χ0) is 19.1. The van der Waals surface area contributed by atoms with Gasteiger partial charge in [0.25, 0.3) is 5.56 Å². The van der Waals surface area contributed by atoms with E-state index in [1.807, 2.05) is 5.38 Å². The van der Waals surface area contributed by atoms with Gasteiger partial charge in [0.2, 0.25) is 0 Å². The third-order valence-electron chi connectivity index (χ3n) is 5.46. The summed E-state index contributed by atoms with van der Waals surface area (Å²) in [6.07, 6.45) is 4.95. The molecule has 1 aliphatic rings. The van der Waals surface area contributed by atoms with Crippen LogP contribution in [0.3, 0.4) is 0 Å². The number of aryl methyl sites for hydroxylation is 3. The minimum atomic E-state index is -1.01. The van der Waals surface area contributed by atoms with Crippen LogP contribution in [-0.2, 0) is 17.6 Å². The van der Waals surface area contributed by atoms with Crippen molar-refractivity contribution in [1.82, 2.24) is 9.55 Å². The fourth-order valence-corrected chi connectivity index (χ4v) is 5.04. The third kappa shape index (κ3) is 2.98. The first-order chi connectivity index (χ1) is 13.0. The number of benzene rings is 1. The first-order valence-corrected chi connectivity index (χ1v) is 10.2. The molecule has 0 saturated heterocycles. The number of nitrogens with zero attached hydrogens (tertiary/aromatic N) is 2. The molecular weight excluding hydrogens is 360 g/mol. The van der Waals surface area contributed by atoms with E-state index in [9.17, 15) is 14.7 Å². The lowest BCUT2D eigenvalue weighted by Gasteiger charge is -2.17. The largest absolute Gasteiger partial charge is 0.480 e. The van der Waals surface area contributed by atoms with Crippen LogP contribution >= 0.6 is 11.3 Å². The van der Waals surface area contributed by atoms with Crippen LogP contribution in [0.2, 0.25) is 0 Å². The highest BCUT2D eigenvalue weighted by Gasteiger charge is 2.24. The predicted molar refractivity (Wildman–Crippen MR) is 108 cm³/mol. The molecule has 1 aliphatic carbocycles. The maximum Gasteiger partial charge on any atom is 0.326 e. The minimum Gasteiger partial charge on any atom is -0.480 e. The van der Waals surface area contributed by atoms with Gasteiger partial charge in [0.1, 0.15) is 16.7 Å². The van der Waals surface area contributed by atoms with Crippen molar-refractivity contribution in [2.24, 2.45) is 0 Å². The number of aromatic nitrogens is 2. The van der Waals surface area contributed by atoms with Crippen molar-refractivity contribution >= 4 is 27.5 Å². The first-order valence-electron chi connectivity index (χ1n) is 9.36. The van der Waals surface area contributed by atoms with Gasteiger partial charge in [0.15, 0.2) is 0 Å². The SMILES string of the molecule is CCC(C(=O)O)n1c(C)nc2scc(-c3ccc4c(c3)CCCC4)c2c1=O. The van der Waals surface area contributed by atoms with Gasteiger partial charge >= 0.3 is 5.97 Å². The maximum absolute atomic E-state index is 13.3. The highest BCUT2D eigenvalue weighted by Crippen LogP contribution is 2.34. The number of rotatable bonds is 4. The molecule has 0 saturated carbocycles. The summed E-state index contributed by atoms with van der Waals surface area (Å²) in [6.45, 7) is 3.47. The van der Waals surface area contributed by atoms with Crippen LogP contribution in [0.15, 0.2) is 28.4 Å². The lowest BCUT2D eigenvalue weighted by Crippen LogP contribution is -2.32. The Morgan fingerprint density at radius 2 is 2.04 bits per heavy atom. The molecule has 3 aromatic rings. The van der Waals surface area contributed by atoms with Crippen LogP contribution in [-0.4, -0.2) is 20.6 Å². The van der Waals surface area contributed by atoms with Crippen LogP contribution in [0.1, 0.15) is 49.2 Å². The molecule has 27 heavy (non-hydrogen) atoms. The van der Waals surface area contributed by atoms with Gasteiger partial charge in [-0.3, -0.25) is 9.36 Å². The molecular formula is C21H22N2O3S. The summed E-state index contributed by atoms with van der Waals surface area (Å²) in [5, 5.41) is 12.0. The molecule has 0 spiro atoms. The lowest BCUT2D eigenvalue weighted by molar-refractivity contribution is -0.141. The smallest absolute Gasteiger partial charge is 0.326 e. The molecule has 0 fully saturated rings. The highest BCUT2D eigenvalue weighted by molar-refractivity contribution is 7.17. The number of hydrogen-bond donors (Lipinski definition) is 1. The van der Waals surface area contributed by atoms with E-state index in [0.717, 1.165) is 24.0 Å². The Hall–Kier alpha value is -2.47. The molecule has 0 aliphatic heterocycles. The van der Waals surface area contributed by atoms with Crippen molar-refractivity contribution < 1.29 is 9.90 Å². The van der Waals surface area contributed by atoms with Crippen LogP contribution in [0.25, 0.3) is 21.3 Å². The molecule has 2 heterocycles. The Balaban J connectivity index is 1.93. The van der Waals surface area contributed by atoms with E-state index in [0.29, 0.717) is 22.5 Å². The summed E-state index contributed by atoms with van der Waals surface area (Å²) < 4.78 is 1.33. The Labute approximate surface area is 161 Å². The van der Waals surface area contributed by atoms with Crippen LogP contribution in [0, 0.1) is 6.92 Å². The normalized spacial score (nSPS) is 14.9. The van der Waals surface area contributed by atoms with E-state index in [1.165, 1.54) is 39.9 Å². The number of carboxylic acids is 1. The highest BCUT2D eigenvalue weighted by atomic mass is 32.1. The number of hydrogen-bond acceptors (Lipinski definition) is 4. The number of aliphatic carboxylic acids is 1. The van der Waals surface area contributed by atoms with E-state index in [-0.39, 0.29) is 5.56 Å². The number of fused-ring (bicyclic) bond motifs is 2. The number of carbonyl (C=O) groups is 1. The van der Waals surface area contributed by atoms with Crippen molar-refractivity contribution in [2.75, 3.05) is 0 Å². The second kappa shape index (κ2) is 6.93. The summed E-state index contributed by atoms with van der Waals surface area (Å²) in [7, 11) is 0. The molecule has 0 bridgehead atoms. The van der Waals surface area contributed by atoms with E-state index in [2.05, 4.69) is 23.2 Å². The van der Waals surface area contributed by atoms with E-state index in [1.54, 1.807) is 13.8 Å². The van der Waals surface area contributed by atoms with E-state index in [4.69, 9.17) is 0 Å². The average molecular weight is 382 g/mol. The fraction of sp³-hybridized carbons (Fsp3) is 0.381. The Kier molecular flexibility index (Phi) is 4.60. The molecule has 5 nitrogen and oxygen atoms in total. The summed E-state index contributed by atoms with van der Waals surface area (Å²) in [5.74, 6) is -0.560. The van der Waals surface area contributed by atoms with Gasteiger partial charge in [0.05, 0.1) is 5.39 Å². The van der Waals surface area contributed by atoms with Crippen molar-refractivity contribution in [3.63, 3.8) is 0 Å². The molecule has 1 N–H and O–H groups in total. The standard InChI is InChI=1S/C21H22N2O3S/c1-3-17(21(25)26)23-12(2)22-19-18(20(23)24)16(11-27-19)15-9-8-13-6-4-5-7-14(13)10-15/h8-11,17H,3-7H2,1-2H3,(H,25,26). The molecule has 4 rings (SSSR count). The number of carboxylic acid groups (broad SMARTS) is 1. The molecule has 6 heteroatoms. The van der Waals surface area contributed by atoms with Gasteiger partial charge in [-0.05, 0) is 55.7 Å². The molecule has 140 valence electrons. The summed E-state index contributed by atoms with van der Waals surface area (Å²) in [4.78, 5) is 30.1. The van der Waals surface area contributed by atoms with Crippen molar-refractivity contribution in [3.8, 4) is 11.1 Å². The zero-order valence-electron chi connectivity index (χ0n) is 15.5. The summed E-state index contributed by atoms with van der Waals surface area (Å²) in [5.41, 5.74) is 4.36. The predicted octanol–water partition coefficient (Wildman–Crippen LogP) is 4.35. The molecule has 1 unspecified atom stereocenters. The van der Waals surface area contributed by atoms with Crippen LogP contribution in [0.4, 0.5) is 0 Å². The average Bonchev–Trinajstić information content (AvgIpc) is 3.08. The third-order valence-corrected chi connectivity index (χ3v) is 6.33. The second-order valence-electron chi connectivity index (χ2n) is 7.12. The summed E-state index contributed by atoms with van der Waals surface area (Å²) >= 11 is 1.44. The number of thiophene rings is 1. The molecule has 0 radical (unpaired) electrons. The van der Waals surface area contributed by atoms with Gasteiger partial charge in [-0.2, -0.15) is 0 Å². The van der Waals surface area contributed by atoms with Crippen LogP contribution in [0.5, 0.6) is 0 Å². The Morgan fingerprint density at radius 3 is 2.74 bits per heavy atom. The minimum absolute atomic E-state index is 0.263. The van der Waals surface area contributed by atoms with Crippen LogP contribution < -0.4 is 5.56 Å². The summed E-state index contributed by atoms with van der Waals surface area (Å²) in [6, 6.07) is 5.53. The fourth-order valence-electron chi connectivity index (χ4n) is 4.05. The van der Waals surface area contributed by atoms with Gasteiger partial charge < -0.3 is 5.11 Å². The van der Waals surface area contributed by atoms with Crippen molar-refractivity contribution in [1.29, 1.82) is 0 Å². The second-order valence-corrected chi connectivity index (χ2v) is 7.97. The van der Waals surface area contributed by atoms with E-state index < -0.39 is 12.0 Å². The molecule has 2 aromatic heterocycles. The monoisotopic (exact) mass is 382 g/mol. The Bertz CT molecular complexity index is 1100. The zero-order valence-corrected chi connectivity index (χ0v) is 16.3. The van der Waals surface area contributed by atoms with Gasteiger partial charge in [0, 0.05) is 10.9 Å². The van der Waals surface area contributed by atoms with Gasteiger partial charge in [-0.25, -0.2) is 9.78 Å². The first kappa shape index (κ1) is 17.9.